The molecule has 1 aromatic carbocycles. The summed E-state index contributed by atoms with van der Waals surface area (Å²) in [5.41, 5.74) is 2.38. The fourth-order valence-corrected chi connectivity index (χ4v) is 0.925. The average molecular weight is 148 g/mol. The van der Waals surface area contributed by atoms with Crippen LogP contribution in [0.2, 0.25) is 0 Å². The quantitative estimate of drug-likeness (QED) is 0.385. The summed E-state index contributed by atoms with van der Waals surface area (Å²) in [6, 6.07) is 8.18. The van der Waals surface area contributed by atoms with Gasteiger partial charge in [-0.1, -0.05) is 31.2 Å². The molecule has 58 valence electrons. The van der Waals surface area contributed by atoms with E-state index in [-0.39, 0.29) is 0 Å². The first kappa shape index (κ1) is 7.79. The van der Waals surface area contributed by atoms with E-state index in [1.165, 1.54) is 5.56 Å². The fourth-order valence-electron chi connectivity index (χ4n) is 0.925. The van der Waals surface area contributed by atoms with Gasteiger partial charge in [-0.05, 0) is 17.5 Å². The number of nitrogens with zero attached hydrogens (tertiary/aromatic N) is 1. The van der Waals surface area contributed by atoms with Crippen LogP contribution in [-0.2, 0) is 6.42 Å². The SMILES string of the molecule is CCc1ccc(/C=N/N)cc1. The van der Waals surface area contributed by atoms with Gasteiger partial charge in [0.05, 0.1) is 6.21 Å². The van der Waals surface area contributed by atoms with Crippen molar-refractivity contribution >= 4 is 6.21 Å². The molecule has 1 aromatic rings. The van der Waals surface area contributed by atoms with Gasteiger partial charge < -0.3 is 5.84 Å². The zero-order valence-electron chi connectivity index (χ0n) is 6.62. The molecule has 0 radical (unpaired) electrons. The second-order valence-electron chi connectivity index (χ2n) is 2.37. The minimum Gasteiger partial charge on any atom is -0.323 e. The second kappa shape index (κ2) is 3.76. The molecule has 0 saturated carbocycles. The van der Waals surface area contributed by atoms with E-state index in [0.717, 1.165) is 12.0 Å². The molecule has 0 unspecified atom stereocenters. The Morgan fingerprint density at radius 3 is 2.45 bits per heavy atom. The van der Waals surface area contributed by atoms with Gasteiger partial charge >= 0.3 is 0 Å². The van der Waals surface area contributed by atoms with E-state index in [1.807, 2.05) is 12.1 Å². The Balaban J connectivity index is 2.82. The van der Waals surface area contributed by atoms with Crippen LogP contribution in [0.5, 0.6) is 0 Å². The first-order chi connectivity index (χ1) is 5.36. The van der Waals surface area contributed by atoms with Crippen molar-refractivity contribution in [3.05, 3.63) is 35.4 Å². The molecule has 0 aliphatic carbocycles. The van der Waals surface area contributed by atoms with Crippen molar-refractivity contribution < 1.29 is 0 Å². The number of hydrogen-bond donors (Lipinski definition) is 1. The lowest BCUT2D eigenvalue weighted by molar-refractivity contribution is 1.14. The molecule has 0 atom stereocenters. The molecule has 0 bridgehead atoms. The van der Waals surface area contributed by atoms with Crippen molar-refractivity contribution in [2.75, 3.05) is 0 Å². The van der Waals surface area contributed by atoms with Gasteiger partial charge in [-0.2, -0.15) is 5.10 Å². The van der Waals surface area contributed by atoms with Gasteiger partial charge in [0, 0.05) is 0 Å². The van der Waals surface area contributed by atoms with Crippen LogP contribution in [0.25, 0.3) is 0 Å². The molecule has 0 aromatic heterocycles. The summed E-state index contributed by atoms with van der Waals surface area (Å²) in [5.74, 6) is 5.00. The summed E-state index contributed by atoms with van der Waals surface area (Å²) >= 11 is 0. The summed E-state index contributed by atoms with van der Waals surface area (Å²) in [6.07, 6.45) is 2.71. The van der Waals surface area contributed by atoms with Crippen molar-refractivity contribution in [2.45, 2.75) is 13.3 Å². The smallest absolute Gasteiger partial charge is 0.0538 e. The molecule has 11 heavy (non-hydrogen) atoms. The molecule has 0 spiro atoms. The van der Waals surface area contributed by atoms with E-state index >= 15 is 0 Å². The predicted octanol–water partition coefficient (Wildman–Crippen LogP) is 1.54. The van der Waals surface area contributed by atoms with Gasteiger partial charge in [0.1, 0.15) is 0 Å². The highest BCUT2D eigenvalue weighted by molar-refractivity contribution is 5.79. The van der Waals surface area contributed by atoms with Crippen molar-refractivity contribution in [3.63, 3.8) is 0 Å². The maximum atomic E-state index is 5.00. The maximum Gasteiger partial charge on any atom is 0.0538 e. The zero-order valence-corrected chi connectivity index (χ0v) is 6.62. The van der Waals surface area contributed by atoms with Crippen LogP contribution in [0, 0.1) is 0 Å². The van der Waals surface area contributed by atoms with Crippen molar-refractivity contribution in [3.8, 4) is 0 Å². The summed E-state index contributed by atoms with van der Waals surface area (Å²) in [7, 11) is 0. The van der Waals surface area contributed by atoms with Gasteiger partial charge in [-0.15, -0.1) is 0 Å². The van der Waals surface area contributed by atoms with Gasteiger partial charge in [-0.3, -0.25) is 0 Å². The Kier molecular flexibility index (Phi) is 2.66. The molecular formula is C9H12N2. The highest BCUT2D eigenvalue weighted by Crippen LogP contribution is 2.02. The second-order valence-corrected chi connectivity index (χ2v) is 2.37. The van der Waals surface area contributed by atoms with E-state index < -0.39 is 0 Å². The van der Waals surface area contributed by atoms with E-state index in [1.54, 1.807) is 6.21 Å². The Morgan fingerprint density at radius 1 is 1.36 bits per heavy atom. The molecule has 2 heteroatoms. The van der Waals surface area contributed by atoms with Crippen molar-refractivity contribution in [1.82, 2.24) is 0 Å². The normalized spacial score (nSPS) is 10.6. The zero-order chi connectivity index (χ0) is 8.10. The summed E-state index contributed by atoms with van der Waals surface area (Å²) in [6.45, 7) is 2.13. The number of rotatable bonds is 2. The molecule has 0 fully saturated rings. The third-order valence-corrected chi connectivity index (χ3v) is 1.61. The molecule has 2 N–H and O–H groups in total. The monoisotopic (exact) mass is 148 g/mol. The lowest BCUT2D eigenvalue weighted by Crippen LogP contribution is -1.86. The topological polar surface area (TPSA) is 38.4 Å². The maximum absolute atomic E-state index is 5.00. The van der Waals surface area contributed by atoms with Crippen LogP contribution >= 0.6 is 0 Å². The molecule has 0 aliphatic heterocycles. The summed E-state index contributed by atoms with van der Waals surface area (Å²) in [4.78, 5) is 0. The molecule has 1 rings (SSSR count). The first-order valence-electron chi connectivity index (χ1n) is 3.69. The Morgan fingerprint density at radius 2 is 2.00 bits per heavy atom. The number of nitrogens with two attached hydrogens (primary N) is 1. The Hall–Kier alpha value is -1.31. The molecule has 0 amide bonds. The number of benzene rings is 1. The lowest BCUT2D eigenvalue weighted by atomic mass is 10.1. The van der Waals surface area contributed by atoms with Crippen LogP contribution in [-0.4, -0.2) is 6.21 Å². The van der Waals surface area contributed by atoms with Gasteiger partial charge in [-0.25, -0.2) is 0 Å². The molecule has 0 heterocycles. The molecular weight excluding hydrogens is 136 g/mol. The third kappa shape index (κ3) is 2.08. The van der Waals surface area contributed by atoms with E-state index in [2.05, 4.69) is 24.2 Å². The third-order valence-electron chi connectivity index (χ3n) is 1.61. The average Bonchev–Trinajstić information content (AvgIpc) is 2.07. The number of aryl methyl sites for hydroxylation is 1. The number of hydrogen-bond acceptors (Lipinski definition) is 2. The van der Waals surface area contributed by atoms with E-state index in [4.69, 9.17) is 5.84 Å². The van der Waals surface area contributed by atoms with Crippen LogP contribution in [0.15, 0.2) is 29.4 Å². The fraction of sp³-hybridized carbons (Fsp3) is 0.222. The van der Waals surface area contributed by atoms with Gasteiger partial charge in [0.2, 0.25) is 0 Å². The van der Waals surface area contributed by atoms with Gasteiger partial charge in [0.15, 0.2) is 0 Å². The largest absolute Gasteiger partial charge is 0.323 e. The molecule has 2 nitrogen and oxygen atoms in total. The predicted molar refractivity (Wildman–Crippen MR) is 47.6 cm³/mol. The highest BCUT2D eigenvalue weighted by atomic mass is 15.1. The molecule has 0 aliphatic rings. The van der Waals surface area contributed by atoms with Crippen molar-refractivity contribution in [1.29, 1.82) is 0 Å². The van der Waals surface area contributed by atoms with Crippen LogP contribution in [0.1, 0.15) is 18.1 Å². The van der Waals surface area contributed by atoms with E-state index in [0.29, 0.717) is 0 Å². The minimum atomic E-state index is 1.05. The van der Waals surface area contributed by atoms with Crippen LogP contribution < -0.4 is 5.84 Å². The van der Waals surface area contributed by atoms with Crippen LogP contribution in [0.3, 0.4) is 0 Å². The number of hydrazone groups is 1. The van der Waals surface area contributed by atoms with E-state index in [9.17, 15) is 0 Å². The lowest BCUT2D eigenvalue weighted by Gasteiger charge is -1.95. The van der Waals surface area contributed by atoms with Gasteiger partial charge in [0.25, 0.3) is 0 Å². The Bertz CT molecular complexity index is 236. The Labute approximate surface area is 66.7 Å². The van der Waals surface area contributed by atoms with Crippen LogP contribution in [0.4, 0.5) is 0 Å². The summed E-state index contributed by atoms with van der Waals surface area (Å²) in [5, 5.41) is 3.44. The van der Waals surface area contributed by atoms with Crippen molar-refractivity contribution in [2.24, 2.45) is 10.9 Å². The highest BCUT2D eigenvalue weighted by Gasteiger charge is 1.88. The first-order valence-corrected chi connectivity index (χ1v) is 3.69. The standard InChI is InChI=1S/C9H12N2/c1-2-8-3-5-9(6-4-8)7-11-10/h3-7H,2,10H2,1H3/b11-7+. The minimum absolute atomic E-state index is 1.05. The summed E-state index contributed by atoms with van der Waals surface area (Å²) < 4.78 is 0. The molecule has 0 saturated heterocycles.